The number of aryl methyl sites for hydroxylation is 2. The summed E-state index contributed by atoms with van der Waals surface area (Å²) in [5.74, 6) is 0.886. The van der Waals surface area contributed by atoms with Crippen LogP contribution in [0.2, 0.25) is 0 Å². The Morgan fingerprint density at radius 2 is 1.96 bits per heavy atom. The Hall–Kier alpha value is -2.30. The van der Waals surface area contributed by atoms with Gasteiger partial charge in [0.2, 0.25) is 0 Å². The van der Waals surface area contributed by atoms with Gasteiger partial charge in [-0.3, -0.25) is 9.48 Å². The highest BCUT2D eigenvalue weighted by Crippen LogP contribution is 2.15. The summed E-state index contributed by atoms with van der Waals surface area (Å²) >= 11 is 0. The average molecular weight is 315 g/mol. The first-order chi connectivity index (χ1) is 11.0. The molecule has 0 spiro atoms. The molecule has 0 saturated carbocycles. The van der Waals surface area contributed by atoms with Gasteiger partial charge in [0, 0.05) is 25.8 Å². The zero-order valence-electron chi connectivity index (χ0n) is 14.4. The summed E-state index contributed by atoms with van der Waals surface area (Å²) in [6.45, 7) is 7.88. The number of aromatic nitrogens is 2. The van der Waals surface area contributed by atoms with Crippen LogP contribution in [0.4, 0.5) is 0 Å². The highest BCUT2D eigenvalue weighted by Gasteiger charge is 2.20. The SMILES string of the molecule is CCn1nc(C)c(C(=O)N(C)CCCOc2ccccc2)c1C. The third kappa shape index (κ3) is 4.12. The summed E-state index contributed by atoms with van der Waals surface area (Å²) in [6.07, 6.45) is 0.789. The fraction of sp³-hybridized carbons (Fsp3) is 0.444. The summed E-state index contributed by atoms with van der Waals surface area (Å²) < 4.78 is 7.53. The molecule has 0 N–H and O–H groups in total. The summed E-state index contributed by atoms with van der Waals surface area (Å²) in [5, 5.41) is 4.41. The van der Waals surface area contributed by atoms with E-state index in [2.05, 4.69) is 5.10 Å². The van der Waals surface area contributed by atoms with Gasteiger partial charge in [-0.2, -0.15) is 5.10 Å². The largest absolute Gasteiger partial charge is 0.494 e. The quantitative estimate of drug-likeness (QED) is 0.738. The second kappa shape index (κ2) is 7.81. The first kappa shape index (κ1) is 17.1. The van der Waals surface area contributed by atoms with Crippen LogP contribution in [0, 0.1) is 13.8 Å². The summed E-state index contributed by atoms with van der Waals surface area (Å²) in [7, 11) is 1.83. The highest BCUT2D eigenvalue weighted by atomic mass is 16.5. The lowest BCUT2D eigenvalue weighted by molar-refractivity contribution is 0.0786. The number of carbonyl (C=O) groups excluding carboxylic acids is 1. The van der Waals surface area contributed by atoms with Crippen LogP contribution < -0.4 is 4.74 Å². The van der Waals surface area contributed by atoms with Gasteiger partial charge in [0.25, 0.3) is 5.91 Å². The van der Waals surface area contributed by atoms with Gasteiger partial charge in [0.05, 0.1) is 17.9 Å². The van der Waals surface area contributed by atoms with E-state index in [1.807, 2.05) is 62.8 Å². The number of para-hydroxylation sites is 1. The molecule has 5 heteroatoms. The molecule has 2 aromatic rings. The average Bonchev–Trinajstić information content (AvgIpc) is 2.85. The van der Waals surface area contributed by atoms with E-state index in [1.165, 1.54) is 0 Å². The lowest BCUT2D eigenvalue weighted by Crippen LogP contribution is -2.29. The monoisotopic (exact) mass is 315 g/mol. The van der Waals surface area contributed by atoms with Gasteiger partial charge in [0.1, 0.15) is 5.75 Å². The highest BCUT2D eigenvalue weighted by molar-refractivity contribution is 5.96. The Labute approximate surface area is 137 Å². The predicted octanol–water partition coefficient (Wildman–Crippen LogP) is 3.06. The minimum absolute atomic E-state index is 0.0272. The molecule has 0 saturated heterocycles. The number of carbonyl (C=O) groups is 1. The van der Waals surface area contributed by atoms with Gasteiger partial charge < -0.3 is 9.64 Å². The lowest BCUT2D eigenvalue weighted by atomic mass is 10.1. The predicted molar refractivity (Wildman–Crippen MR) is 90.9 cm³/mol. The second-order valence-corrected chi connectivity index (χ2v) is 5.60. The first-order valence-corrected chi connectivity index (χ1v) is 8.02. The molecule has 1 heterocycles. The summed E-state index contributed by atoms with van der Waals surface area (Å²) in [6, 6.07) is 9.71. The zero-order valence-corrected chi connectivity index (χ0v) is 14.4. The molecule has 0 bridgehead atoms. The van der Waals surface area contributed by atoms with Gasteiger partial charge in [-0.15, -0.1) is 0 Å². The number of ether oxygens (including phenoxy) is 1. The molecule has 0 aliphatic carbocycles. The first-order valence-electron chi connectivity index (χ1n) is 8.02. The molecule has 124 valence electrons. The van der Waals surface area contributed by atoms with Crippen molar-refractivity contribution in [2.75, 3.05) is 20.2 Å². The van der Waals surface area contributed by atoms with Crippen molar-refractivity contribution in [3.05, 3.63) is 47.3 Å². The van der Waals surface area contributed by atoms with Crippen molar-refractivity contribution in [3.63, 3.8) is 0 Å². The Bertz CT molecular complexity index is 650. The summed E-state index contributed by atoms with van der Waals surface area (Å²) in [4.78, 5) is 14.4. The van der Waals surface area contributed by atoms with Crippen molar-refractivity contribution in [1.82, 2.24) is 14.7 Å². The Morgan fingerprint density at radius 3 is 2.57 bits per heavy atom. The van der Waals surface area contributed by atoms with Gasteiger partial charge in [-0.25, -0.2) is 0 Å². The molecule has 0 fully saturated rings. The molecule has 2 rings (SSSR count). The van der Waals surface area contributed by atoms with Crippen molar-refractivity contribution >= 4 is 5.91 Å². The number of rotatable bonds is 7. The standard InChI is InChI=1S/C18H25N3O2/c1-5-21-15(3)17(14(2)19-21)18(22)20(4)12-9-13-23-16-10-7-6-8-11-16/h6-8,10-11H,5,9,12-13H2,1-4H3. The molecule has 23 heavy (non-hydrogen) atoms. The van der Waals surface area contributed by atoms with Crippen LogP contribution in [0.1, 0.15) is 35.1 Å². The minimum Gasteiger partial charge on any atom is -0.494 e. The van der Waals surface area contributed by atoms with Crippen LogP contribution >= 0.6 is 0 Å². The third-order valence-corrected chi connectivity index (χ3v) is 3.89. The van der Waals surface area contributed by atoms with Crippen molar-refractivity contribution in [2.24, 2.45) is 0 Å². The van der Waals surface area contributed by atoms with Crippen LogP contribution in [0.5, 0.6) is 5.75 Å². The molecular weight excluding hydrogens is 290 g/mol. The maximum atomic E-state index is 12.6. The molecule has 0 unspecified atom stereocenters. The van der Waals surface area contributed by atoms with E-state index in [1.54, 1.807) is 4.90 Å². The van der Waals surface area contributed by atoms with Crippen LogP contribution in [0.15, 0.2) is 30.3 Å². The van der Waals surface area contributed by atoms with Crippen molar-refractivity contribution < 1.29 is 9.53 Å². The second-order valence-electron chi connectivity index (χ2n) is 5.60. The lowest BCUT2D eigenvalue weighted by Gasteiger charge is -2.17. The third-order valence-electron chi connectivity index (χ3n) is 3.89. The van der Waals surface area contributed by atoms with Crippen molar-refractivity contribution in [3.8, 4) is 5.75 Å². The number of benzene rings is 1. The van der Waals surface area contributed by atoms with E-state index < -0.39 is 0 Å². The summed E-state index contributed by atoms with van der Waals surface area (Å²) in [5.41, 5.74) is 2.45. The molecule has 5 nitrogen and oxygen atoms in total. The Balaban J connectivity index is 1.87. The maximum Gasteiger partial charge on any atom is 0.257 e. The maximum absolute atomic E-state index is 12.6. The van der Waals surface area contributed by atoms with E-state index >= 15 is 0 Å². The van der Waals surface area contributed by atoms with E-state index in [4.69, 9.17) is 4.74 Å². The minimum atomic E-state index is 0.0272. The van der Waals surface area contributed by atoms with E-state index in [9.17, 15) is 4.79 Å². The normalized spacial score (nSPS) is 10.6. The topological polar surface area (TPSA) is 47.4 Å². The van der Waals surface area contributed by atoms with Gasteiger partial charge in [-0.05, 0) is 39.3 Å². The molecule has 1 aromatic heterocycles. The van der Waals surface area contributed by atoms with Crippen molar-refractivity contribution in [1.29, 1.82) is 0 Å². The molecule has 0 aliphatic heterocycles. The zero-order chi connectivity index (χ0) is 16.8. The smallest absolute Gasteiger partial charge is 0.257 e. The van der Waals surface area contributed by atoms with Crippen LogP contribution in [0.25, 0.3) is 0 Å². The van der Waals surface area contributed by atoms with Crippen LogP contribution in [-0.4, -0.2) is 40.8 Å². The van der Waals surface area contributed by atoms with Crippen LogP contribution in [0.3, 0.4) is 0 Å². The van der Waals surface area contributed by atoms with E-state index in [0.717, 1.165) is 35.7 Å². The van der Waals surface area contributed by atoms with Gasteiger partial charge >= 0.3 is 0 Å². The van der Waals surface area contributed by atoms with Gasteiger partial charge in [-0.1, -0.05) is 18.2 Å². The molecule has 0 atom stereocenters. The Morgan fingerprint density at radius 1 is 1.26 bits per heavy atom. The molecule has 1 aromatic carbocycles. The Kier molecular flexibility index (Phi) is 5.79. The number of hydrogen-bond acceptors (Lipinski definition) is 3. The molecule has 1 amide bonds. The fourth-order valence-electron chi connectivity index (χ4n) is 2.62. The number of amides is 1. The number of hydrogen-bond donors (Lipinski definition) is 0. The van der Waals surface area contributed by atoms with Crippen molar-refractivity contribution in [2.45, 2.75) is 33.7 Å². The van der Waals surface area contributed by atoms with Gasteiger partial charge in [0.15, 0.2) is 0 Å². The molecule has 0 radical (unpaired) electrons. The van der Waals surface area contributed by atoms with E-state index in [-0.39, 0.29) is 5.91 Å². The fourth-order valence-corrected chi connectivity index (χ4v) is 2.62. The molecular formula is C18H25N3O2. The molecule has 0 aliphatic rings. The number of nitrogens with zero attached hydrogens (tertiary/aromatic N) is 3. The van der Waals surface area contributed by atoms with E-state index in [0.29, 0.717) is 13.2 Å². The van der Waals surface area contributed by atoms with Crippen LogP contribution in [-0.2, 0) is 6.54 Å².